The Hall–Kier alpha value is -0.350. The van der Waals surface area contributed by atoms with Crippen molar-refractivity contribution in [1.29, 1.82) is 0 Å². The highest BCUT2D eigenvalue weighted by Gasteiger charge is 2.17. The molecule has 2 heterocycles. The first-order valence-electron chi connectivity index (χ1n) is 6.17. The molecular weight excluding hydrogens is 269 g/mol. The Bertz CT molecular complexity index is 308. The first-order chi connectivity index (χ1) is 7.88. The highest BCUT2D eigenvalue weighted by Crippen LogP contribution is 2.10. The fourth-order valence-corrected chi connectivity index (χ4v) is 2.33. The van der Waals surface area contributed by atoms with Crippen molar-refractivity contribution in [2.75, 3.05) is 26.7 Å². The third-order valence-electron chi connectivity index (χ3n) is 3.35. The van der Waals surface area contributed by atoms with Gasteiger partial charge in [-0.3, -0.25) is 4.98 Å². The molecule has 1 unspecified atom stereocenters. The number of rotatable bonds is 4. The zero-order valence-corrected chi connectivity index (χ0v) is 12.5. The normalized spacial score (nSPS) is 19.7. The number of hydrogen-bond acceptors (Lipinski definition) is 3. The molecule has 0 amide bonds. The number of nitrogens with one attached hydrogen (secondary N) is 1. The predicted octanol–water partition coefficient (Wildman–Crippen LogP) is 2.15. The Kier molecular flexibility index (Phi) is 9.38. The molecule has 5 heteroatoms. The third-order valence-corrected chi connectivity index (χ3v) is 3.35. The highest BCUT2D eigenvalue weighted by atomic mass is 35.5. The van der Waals surface area contributed by atoms with Gasteiger partial charge in [0, 0.05) is 31.5 Å². The van der Waals surface area contributed by atoms with Gasteiger partial charge >= 0.3 is 0 Å². The average molecular weight is 292 g/mol. The minimum atomic E-state index is 0. The minimum absolute atomic E-state index is 0. The lowest BCUT2D eigenvalue weighted by Crippen LogP contribution is -2.44. The van der Waals surface area contributed by atoms with Crippen LogP contribution in [0.5, 0.6) is 0 Å². The summed E-state index contributed by atoms with van der Waals surface area (Å²) in [5.74, 6) is 0. The minimum Gasteiger partial charge on any atom is -0.316 e. The van der Waals surface area contributed by atoms with Gasteiger partial charge in [0.2, 0.25) is 0 Å². The largest absolute Gasteiger partial charge is 0.316 e. The molecular formula is C13H23Cl2N3. The van der Waals surface area contributed by atoms with Gasteiger partial charge < -0.3 is 10.2 Å². The molecule has 0 saturated carbocycles. The van der Waals surface area contributed by atoms with Crippen molar-refractivity contribution in [2.45, 2.75) is 25.3 Å². The van der Waals surface area contributed by atoms with Crippen LogP contribution in [-0.4, -0.2) is 42.6 Å². The van der Waals surface area contributed by atoms with Gasteiger partial charge in [-0.05, 0) is 44.5 Å². The maximum atomic E-state index is 4.15. The van der Waals surface area contributed by atoms with Crippen LogP contribution in [0.25, 0.3) is 0 Å². The number of hydrogen-bond donors (Lipinski definition) is 1. The zero-order chi connectivity index (χ0) is 11.2. The van der Waals surface area contributed by atoms with Crippen molar-refractivity contribution < 1.29 is 0 Å². The summed E-state index contributed by atoms with van der Waals surface area (Å²) in [6, 6.07) is 4.86. The fourth-order valence-electron chi connectivity index (χ4n) is 2.33. The summed E-state index contributed by atoms with van der Waals surface area (Å²) in [5.41, 5.74) is 1.34. The molecule has 0 radical (unpaired) electrons. The topological polar surface area (TPSA) is 28.2 Å². The predicted molar refractivity (Wildman–Crippen MR) is 81.0 cm³/mol. The molecule has 1 atom stereocenters. The molecule has 1 saturated heterocycles. The van der Waals surface area contributed by atoms with Gasteiger partial charge in [-0.2, -0.15) is 0 Å². The molecule has 0 spiro atoms. The lowest BCUT2D eigenvalue weighted by Gasteiger charge is -2.32. The average Bonchev–Trinajstić information content (AvgIpc) is 2.38. The van der Waals surface area contributed by atoms with E-state index in [9.17, 15) is 0 Å². The standard InChI is InChI=1S/C13H21N3.2ClH/c1-14-13-5-3-8-16(11-13)9-6-12-4-2-7-15-10-12;;/h2,4,7,10,13-14H,3,5-6,8-9,11H2,1H3;2*1H. The first kappa shape index (κ1) is 17.6. The summed E-state index contributed by atoms with van der Waals surface area (Å²) in [4.78, 5) is 6.70. The van der Waals surface area contributed by atoms with E-state index in [0.717, 1.165) is 13.0 Å². The molecule has 1 aromatic heterocycles. The molecule has 1 fully saturated rings. The maximum absolute atomic E-state index is 4.15. The lowest BCUT2D eigenvalue weighted by atomic mass is 10.1. The van der Waals surface area contributed by atoms with E-state index in [4.69, 9.17) is 0 Å². The molecule has 0 bridgehead atoms. The summed E-state index contributed by atoms with van der Waals surface area (Å²) in [5, 5.41) is 3.38. The van der Waals surface area contributed by atoms with Crippen LogP contribution in [0, 0.1) is 0 Å². The van der Waals surface area contributed by atoms with Gasteiger partial charge in [-0.15, -0.1) is 24.8 Å². The zero-order valence-electron chi connectivity index (χ0n) is 10.8. The Morgan fingerprint density at radius 3 is 2.94 bits per heavy atom. The smallest absolute Gasteiger partial charge is 0.0300 e. The monoisotopic (exact) mass is 291 g/mol. The van der Waals surface area contributed by atoms with Gasteiger partial charge in [0.05, 0.1) is 0 Å². The van der Waals surface area contributed by atoms with Gasteiger partial charge in [-0.1, -0.05) is 6.07 Å². The van der Waals surface area contributed by atoms with E-state index in [2.05, 4.69) is 28.3 Å². The summed E-state index contributed by atoms with van der Waals surface area (Å²) in [6.07, 6.45) is 7.56. The number of likely N-dealkylation sites (tertiary alicyclic amines) is 1. The summed E-state index contributed by atoms with van der Waals surface area (Å²) in [7, 11) is 2.06. The molecule has 1 aromatic rings. The number of nitrogens with zero attached hydrogens (tertiary/aromatic N) is 2. The van der Waals surface area contributed by atoms with E-state index in [-0.39, 0.29) is 24.8 Å². The van der Waals surface area contributed by atoms with Crippen molar-refractivity contribution in [3.05, 3.63) is 30.1 Å². The second kappa shape index (κ2) is 9.56. The Morgan fingerprint density at radius 1 is 1.44 bits per heavy atom. The van der Waals surface area contributed by atoms with E-state index in [1.54, 1.807) is 0 Å². The number of aromatic nitrogens is 1. The van der Waals surface area contributed by atoms with Crippen LogP contribution in [0.15, 0.2) is 24.5 Å². The maximum Gasteiger partial charge on any atom is 0.0300 e. The van der Waals surface area contributed by atoms with Crippen LogP contribution in [-0.2, 0) is 6.42 Å². The van der Waals surface area contributed by atoms with Crippen LogP contribution in [0.1, 0.15) is 18.4 Å². The molecule has 2 rings (SSSR count). The van der Waals surface area contributed by atoms with E-state index < -0.39 is 0 Å². The van der Waals surface area contributed by atoms with Crippen molar-refractivity contribution in [3.63, 3.8) is 0 Å². The Balaban J connectivity index is 0.00000144. The first-order valence-corrected chi connectivity index (χ1v) is 6.17. The van der Waals surface area contributed by atoms with E-state index >= 15 is 0 Å². The van der Waals surface area contributed by atoms with Gasteiger partial charge in [0.15, 0.2) is 0 Å². The lowest BCUT2D eigenvalue weighted by molar-refractivity contribution is 0.197. The molecule has 0 aliphatic carbocycles. The summed E-state index contributed by atoms with van der Waals surface area (Å²) < 4.78 is 0. The summed E-state index contributed by atoms with van der Waals surface area (Å²) >= 11 is 0. The Labute approximate surface area is 122 Å². The molecule has 1 aliphatic rings. The quantitative estimate of drug-likeness (QED) is 0.921. The van der Waals surface area contributed by atoms with Gasteiger partial charge in [0.25, 0.3) is 0 Å². The molecule has 104 valence electrons. The molecule has 3 nitrogen and oxygen atoms in total. The molecule has 0 aromatic carbocycles. The number of pyridine rings is 1. The van der Waals surface area contributed by atoms with Crippen LogP contribution in [0.2, 0.25) is 0 Å². The van der Waals surface area contributed by atoms with Gasteiger partial charge in [-0.25, -0.2) is 0 Å². The van der Waals surface area contributed by atoms with Crippen molar-refractivity contribution in [3.8, 4) is 0 Å². The van der Waals surface area contributed by atoms with Crippen molar-refractivity contribution in [2.24, 2.45) is 0 Å². The van der Waals surface area contributed by atoms with Gasteiger partial charge in [0.1, 0.15) is 0 Å². The van der Waals surface area contributed by atoms with E-state index in [1.807, 2.05) is 18.5 Å². The van der Waals surface area contributed by atoms with E-state index in [1.165, 1.54) is 31.5 Å². The number of halogens is 2. The fraction of sp³-hybridized carbons (Fsp3) is 0.615. The number of likely N-dealkylation sites (N-methyl/N-ethyl adjacent to an activating group) is 1. The Morgan fingerprint density at radius 2 is 2.28 bits per heavy atom. The SMILES string of the molecule is CNC1CCCN(CCc2cccnc2)C1.Cl.Cl. The number of piperidine rings is 1. The van der Waals surface area contributed by atoms with E-state index in [0.29, 0.717) is 6.04 Å². The molecule has 1 N–H and O–H groups in total. The second-order valence-corrected chi connectivity index (χ2v) is 4.54. The van der Waals surface area contributed by atoms with Crippen LogP contribution in [0.4, 0.5) is 0 Å². The van der Waals surface area contributed by atoms with Crippen LogP contribution in [0.3, 0.4) is 0 Å². The molecule has 1 aliphatic heterocycles. The van der Waals surface area contributed by atoms with Crippen molar-refractivity contribution >= 4 is 24.8 Å². The highest BCUT2D eigenvalue weighted by molar-refractivity contribution is 5.85. The summed E-state index contributed by atoms with van der Waals surface area (Å²) in [6.45, 7) is 3.60. The second-order valence-electron chi connectivity index (χ2n) is 4.54. The van der Waals surface area contributed by atoms with Crippen LogP contribution < -0.4 is 5.32 Å². The molecule has 18 heavy (non-hydrogen) atoms. The van der Waals surface area contributed by atoms with Crippen molar-refractivity contribution in [1.82, 2.24) is 15.2 Å². The van der Waals surface area contributed by atoms with Crippen LogP contribution >= 0.6 is 24.8 Å². The third kappa shape index (κ3) is 5.53.